The van der Waals surface area contributed by atoms with Gasteiger partial charge in [-0.1, -0.05) is 71.1 Å². The van der Waals surface area contributed by atoms with Crippen molar-refractivity contribution in [1.29, 1.82) is 0 Å². The molecule has 1 aromatic rings. The van der Waals surface area contributed by atoms with Crippen LogP contribution in [0.5, 0.6) is 0 Å². The number of hydrogen-bond donors (Lipinski definition) is 0. The Hall–Kier alpha value is -0.580. The number of hydrogen-bond acceptors (Lipinski definition) is 0. The second kappa shape index (κ2) is 11.5. The van der Waals surface area contributed by atoms with Crippen molar-refractivity contribution in [3.8, 4) is 0 Å². The quantitative estimate of drug-likeness (QED) is 0.178. The van der Waals surface area contributed by atoms with E-state index < -0.39 is 22.0 Å². The fraction of sp³-hybridized carbons (Fsp3) is 0.769. The molecule has 0 unspecified atom stereocenters. The lowest BCUT2D eigenvalue weighted by Gasteiger charge is -2.32. The molecule has 2 fully saturated rings. The predicted octanol–water partition coefficient (Wildman–Crippen LogP) is 9.85. The van der Waals surface area contributed by atoms with Crippen LogP contribution in [-0.2, 0) is 4.83 Å². The van der Waals surface area contributed by atoms with Gasteiger partial charge in [-0.05, 0) is 83.0 Å². The van der Waals surface area contributed by atoms with Crippen molar-refractivity contribution < 1.29 is 17.6 Å². The van der Waals surface area contributed by atoms with Crippen molar-refractivity contribution in [3.05, 3.63) is 34.9 Å². The molecule has 2 aliphatic rings. The van der Waals surface area contributed by atoms with Crippen molar-refractivity contribution >= 4 is 15.9 Å². The van der Waals surface area contributed by atoms with Gasteiger partial charge in [-0.15, -0.1) is 0 Å². The lowest BCUT2D eigenvalue weighted by atomic mass is 9.74. The van der Waals surface area contributed by atoms with Gasteiger partial charge in [-0.3, -0.25) is 0 Å². The first kappa shape index (κ1) is 25.1. The largest absolute Gasteiger partial charge is 0.332 e. The van der Waals surface area contributed by atoms with Gasteiger partial charge in [0, 0.05) is 0 Å². The fourth-order valence-corrected chi connectivity index (χ4v) is 6.23. The van der Waals surface area contributed by atoms with Crippen LogP contribution < -0.4 is 0 Å². The van der Waals surface area contributed by atoms with E-state index in [0.717, 1.165) is 49.7 Å². The maximum absolute atomic E-state index is 14.1. The molecule has 3 rings (SSSR count). The monoisotopic (exact) mass is 504 g/mol. The Bertz CT molecular complexity index is 660. The van der Waals surface area contributed by atoms with Gasteiger partial charge < -0.3 is 0 Å². The van der Waals surface area contributed by atoms with Gasteiger partial charge in [0.05, 0.1) is 0 Å². The molecule has 0 N–H and O–H groups in total. The topological polar surface area (TPSA) is 0 Å². The fourth-order valence-electron chi connectivity index (χ4n) is 5.85. The molecule has 0 aromatic heterocycles. The molecule has 0 saturated heterocycles. The highest BCUT2D eigenvalue weighted by Gasteiger charge is 2.35. The predicted molar refractivity (Wildman–Crippen MR) is 123 cm³/mol. The molecule has 176 valence electrons. The zero-order valence-corrected chi connectivity index (χ0v) is 20.3. The molecule has 5 heteroatoms. The zero-order chi connectivity index (χ0) is 22.4. The minimum atomic E-state index is -3.69. The van der Waals surface area contributed by atoms with Crippen LogP contribution in [0.4, 0.5) is 17.6 Å². The van der Waals surface area contributed by atoms with E-state index in [1.165, 1.54) is 64.2 Å². The molecule has 0 bridgehead atoms. The van der Waals surface area contributed by atoms with E-state index in [1.54, 1.807) is 0 Å². The van der Waals surface area contributed by atoms with Crippen molar-refractivity contribution in [2.75, 3.05) is 0 Å². The van der Waals surface area contributed by atoms with E-state index in [4.69, 9.17) is 0 Å². The molecule has 1 aromatic carbocycles. The Morgan fingerprint density at radius 3 is 1.68 bits per heavy atom. The summed E-state index contributed by atoms with van der Waals surface area (Å²) in [5, 5.41) is 0. The minimum absolute atomic E-state index is 0.0665. The summed E-state index contributed by atoms with van der Waals surface area (Å²) in [5.41, 5.74) is -0.666. The first-order valence-electron chi connectivity index (χ1n) is 12.3. The molecule has 31 heavy (non-hydrogen) atoms. The van der Waals surface area contributed by atoms with Gasteiger partial charge in [0.25, 0.3) is 0 Å². The molecular formula is C26H37BrF4. The van der Waals surface area contributed by atoms with Crippen LogP contribution in [-0.4, -0.2) is 0 Å². The lowest BCUT2D eigenvalue weighted by Crippen LogP contribution is -2.18. The van der Waals surface area contributed by atoms with E-state index in [9.17, 15) is 17.6 Å². The average Bonchev–Trinajstić information content (AvgIpc) is 2.72. The SMILES string of the molecule is CCCCCC1CCC(CCC2CCC(c3cc(F)c(C(F)(F)Br)c(F)c3)CC2)CC1. The number of benzene rings is 1. The average molecular weight is 505 g/mol. The van der Waals surface area contributed by atoms with Gasteiger partial charge in [-0.2, -0.15) is 8.78 Å². The molecule has 0 nitrogen and oxygen atoms in total. The molecule has 0 spiro atoms. The smallest absolute Gasteiger partial charge is 0.206 e. The van der Waals surface area contributed by atoms with Crippen LogP contribution in [0.1, 0.15) is 114 Å². The molecule has 2 saturated carbocycles. The first-order valence-corrected chi connectivity index (χ1v) is 13.1. The third kappa shape index (κ3) is 7.20. The van der Waals surface area contributed by atoms with Crippen molar-refractivity contribution in [2.45, 2.75) is 108 Å². The molecule has 0 amide bonds. The molecule has 0 heterocycles. The Morgan fingerprint density at radius 2 is 1.23 bits per heavy atom. The van der Waals surface area contributed by atoms with Gasteiger partial charge in [0.2, 0.25) is 0 Å². The summed E-state index contributed by atoms with van der Waals surface area (Å²) >= 11 is 2.07. The Labute approximate surface area is 193 Å². The number of unbranched alkanes of at least 4 members (excludes halogenated alkanes) is 2. The lowest BCUT2D eigenvalue weighted by molar-refractivity contribution is 0.105. The summed E-state index contributed by atoms with van der Waals surface area (Å²) in [6.07, 6.45) is 17.5. The van der Waals surface area contributed by atoms with Crippen LogP contribution in [0, 0.1) is 29.4 Å². The minimum Gasteiger partial charge on any atom is -0.206 e. The third-order valence-electron chi connectivity index (χ3n) is 7.83. The van der Waals surface area contributed by atoms with Gasteiger partial charge in [-0.25, -0.2) is 8.78 Å². The van der Waals surface area contributed by atoms with Crippen molar-refractivity contribution in [1.82, 2.24) is 0 Å². The summed E-state index contributed by atoms with van der Waals surface area (Å²) in [6, 6.07) is 2.22. The second-order valence-corrected chi connectivity index (χ2v) is 11.0. The van der Waals surface area contributed by atoms with E-state index in [-0.39, 0.29) is 5.92 Å². The molecular weight excluding hydrogens is 468 g/mol. The second-order valence-electron chi connectivity index (χ2n) is 10.0. The summed E-state index contributed by atoms with van der Waals surface area (Å²) in [6.45, 7) is 2.27. The maximum Gasteiger partial charge on any atom is 0.332 e. The van der Waals surface area contributed by atoms with E-state index in [0.29, 0.717) is 11.5 Å². The van der Waals surface area contributed by atoms with E-state index >= 15 is 0 Å². The van der Waals surface area contributed by atoms with Crippen LogP contribution in [0.3, 0.4) is 0 Å². The first-order chi connectivity index (χ1) is 14.8. The van der Waals surface area contributed by atoms with Crippen molar-refractivity contribution in [2.24, 2.45) is 17.8 Å². The van der Waals surface area contributed by atoms with Crippen LogP contribution in [0.25, 0.3) is 0 Å². The van der Waals surface area contributed by atoms with Crippen LogP contribution >= 0.6 is 15.9 Å². The summed E-state index contributed by atoms with van der Waals surface area (Å²) in [7, 11) is 0. The maximum atomic E-state index is 14.1. The Kier molecular flexibility index (Phi) is 9.31. The van der Waals surface area contributed by atoms with Crippen molar-refractivity contribution in [3.63, 3.8) is 0 Å². The van der Waals surface area contributed by atoms with Crippen LogP contribution in [0.15, 0.2) is 12.1 Å². The number of alkyl halides is 3. The molecule has 0 atom stereocenters. The van der Waals surface area contributed by atoms with Gasteiger partial charge in [0.15, 0.2) is 0 Å². The standard InChI is InChI=1S/C26H37BrF4/c1-2-3-4-5-18-6-8-19(9-7-18)10-11-20-12-14-21(15-13-20)22-16-23(28)25(24(29)17-22)26(27,30)31/h16-21H,2-15H2,1H3. The van der Waals surface area contributed by atoms with E-state index in [2.05, 4.69) is 22.9 Å². The Morgan fingerprint density at radius 1 is 0.774 bits per heavy atom. The van der Waals surface area contributed by atoms with E-state index in [1.807, 2.05) is 0 Å². The summed E-state index contributed by atoms with van der Waals surface area (Å²) in [5.74, 6) is 0.265. The normalized spacial score (nSPS) is 27.4. The Balaban J connectivity index is 1.41. The molecule has 2 aliphatic carbocycles. The molecule has 0 aliphatic heterocycles. The summed E-state index contributed by atoms with van der Waals surface area (Å²) < 4.78 is 55.0. The van der Waals surface area contributed by atoms with Crippen LogP contribution in [0.2, 0.25) is 0 Å². The van der Waals surface area contributed by atoms with Gasteiger partial charge in [0.1, 0.15) is 17.2 Å². The molecule has 0 radical (unpaired) electrons. The highest BCUT2D eigenvalue weighted by molar-refractivity contribution is 9.09. The summed E-state index contributed by atoms with van der Waals surface area (Å²) in [4.78, 5) is -3.69. The number of halogens is 5. The third-order valence-corrected chi connectivity index (χ3v) is 8.23. The highest BCUT2D eigenvalue weighted by Crippen LogP contribution is 2.43. The highest BCUT2D eigenvalue weighted by atomic mass is 79.9. The zero-order valence-electron chi connectivity index (χ0n) is 18.8. The van der Waals surface area contributed by atoms with Gasteiger partial charge >= 0.3 is 4.83 Å². The number of rotatable bonds is 9.